The maximum atomic E-state index is 11.8. The van der Waals surface area contributed by atoms with Gasteiger partial charge in [0.15, 0.2) is 0 Å². The van der Waals surface area contributed by atoms with Crippen molar-refractivity contribution in [2.75, 3.05) is 19.6 Å². The molecule has 0 radical (unpaired) electrons. The minimum Gasteiger partial charge on any atom is -0.388 e. The zero-order valence-electron chi connectivity index (χ0n) is 13.1. The van der Waals surface area contributed by atoms with Crippen LogP contribution >= 0.6 is 11.3 Å². The van der Waals surface area contributed by atoms with E-state index in [1.54, 1.807) is 0 Å². The molecule has 1 aliphatic heterocycles. The highest BCUT2D eigenvalue weighted by Crippen LogP contribution is 2.30. The molecule has 2 heterocycles. The van der Waals surface area contributed by atoms with Gasteiger partial charge in [-0.1, -0.05) is 0 Å². The van der Waals surface area contributed by atoms with Gasteiger partial charge in [-0.25, -0.2) is 4.79 Å². The number of hydrogen-bond donors (Lipinski definition) is 3. The second-order valence-electron chi connectivity index (χ2n) is 6.58. The van der Waals surface area contributed by atoms with Crippen LogP contribution in [0.25, 0.3) is 0 Å². The summed E-state index contributed by atoms with van der Waals surface area (Å²) >= 11 is 1.84. The third-order valence-electron chi connectivity index (χ3n) is 4.88. The zero-order valence-corrected chi connectivity index (χ0v) is 13.9. The SMILES string of the molecule is CC(CNC(=O)NCC1(O)CCC1)N1CCc2sccc2C1. The van der Waals surface area contributed by atoms with E-state index in [9.17, 15) is 9.90 Å². The third-order valence-corrected chi connectivity index (χ3v) is 5.90. The Balaban J connectivity index is 1.39. The Hall–Kier alpha value is -1.11. The van der Waals surface area contributed by atoms with Gasteiger partial charge in [0.2, 0.25) is 0 Å². The Morgan fingerprint density at radius 3 is 3.05 bits per heavy atom. The Kier molecular flexibility index (Phi) is 4.70. The second kappa shape index (κ2) is 6.56. The summed E-state index contributed by atoms with van der Waals surface area (Å²) in [6.45, 7) is 5.16. The van der Waals surface area contributed by atoms with Crippen LogP contribution in [0.3, 0.4) is 0 Å². The predicted octanol–water partition coefficient (Wildman–Crippen LogP) is 1.71. The van der Waals surface area contributed by atoms with Crippen molar-refractivity contribution in [1.29, 1.82) is 0 Å². The molecule has 2 aliphatic rings. The molecular weight excluding hydrogens is 298 g/mol. The average molecular weight is 323 g/mol. The molecule has 0 aromatic carbocycles. The molecule has 3 N–H and O–H groups in total. The van der Waals surface area contributed by atoms with Crippen LogP contribution in [0.2, 0.25) is 0 Å². The molecule has 122 valence electrons. The van der Waals surface area contributed by atoms with Crippen molar-refractivity contribution in [3.05, 3.63) is 21.9 Å². The van der Waals surface area contributed by atoms with Crippen LogP contribution in [0.1, 0.15) is 36.6 Å². The quantitative estimate of drug-likeness (QED) is 0.773. The fraction of sp³-hybridized carbons (Fsp3) is 0.688. The summed E-state index contributed by atoms with van der Waals surface area (Å²) in [5.74, 6) is 0. The molecule has 1 aromatic rings. The fourth-order valence-electron chi connectivity index (χ4n) is 3.08. The molecule has 1 saturated carbocycles. The summed E-state index contributed by atoms with van der Waals surface area (Å²) in [5, 5.41) is 17.8. The molecule has 1 atom stereocenters. The molecule has 1 unspecified atom stereocenters. The van der Waals surface area contributed by atoms with E-state index in [2.05, 4.69) is 33.9 Å². The van der Waals surface area contributed by atoms with E-state index in [1.165, 1.54) is 10.4 Å². The average Bonchev–Trinajstić information content (AvgIpc) is 2.96. The molecule has 22 heavy (non-hydrogen) atoms. The summed E-state index contributed by atoms with van der Waals surface area (Å²) < 4.78 is 0. The number of rotatable bonds is 5. The lowest BCUT2D eigenvalue weighted by Crippen LogP contribution is -2.52. The lowest BCUT2D eigenvalue weighted by molar-refractivity contribution is -0.0290. The summed E-state index contributed by atoms with van der Waals surface area (Å²) in [6.07, 6.45) is 3.74. The van der Waals surface area contributed by atoms with E-state index in [1.807, 2.05) is 11.3 Å². The topological polar surface area (TPSA) is 64.6 Å². The fourth-order valence-corrected chi connectivity index (χ4v) is 3.97. The largest absolute Gasteiger partial charge is 0.388 e. The Morgan fingerprint density at radius 1 is 1.50 bits per heavy atom. The van der Waals surface area contributed by atoms with Gasteiger partial charge in [-0.05, 0) is 49.6 Å². The number of nitrogens with one attached hydrogen (secondary N) is 2. The summed E-state index contributed by atoms with van der Waals surface area (Å²) in [6, 6.07) is 2.34. The zero-order chi connectivity index (χ0) is 15.6. The highest BCUT2D eigenvalue weighted by Gasteiger charge is 2.34. The van der Waals surface area contributed by atoms with Crippen LogP contribution in [0.15, 0.2) is 11.4 Å². The van der Waals surface area contributed by atoms with Gasteiger partial charge in [-0.3, -0.25) is 4.90 Å². The van der Waals surface area contributed by atoms with E-state index >= 15 is 0 Å². The smallest absolute Gasteiger partial charge is 0.314 e. The number of amides is 2. The van der Waals surface area contributed by atoms with Crippen molar-refractivity contribution in [2.24, 2.45) is 0 Å². The molecule has 5 nitrogen and oxygen atoms in total. The molecule has 6 heteroatoms. The van der Waals surface area contributed by atoms with E-state index in [4.69, 9.17) is 0 Å². The lowest BCUT2D eigenvalue weighted by Gasteiger charge is -2.36. The maximum Gasteiger partial charge on any atom is 0.314 e. The first-order chi connectivity index (χ1) is 10.6. The number of nitrogens with zero attached hydrogens (tertiary/aromatic N) is 1. The van der Waals surface area contributed by atoms with Crippen molar-refractivity contribution in [1.82, 2.24) is 15.5 Å². The van der Waals surface area contributed by atoms with Crippen molar-refractivity contribution >= 4 is 17.4 Å². The second-order valence-corrected chi connectivity index (χ2v) is 7.58. The maximum absolute atomic E-state index is 11.8. The lowest BCUT2D eigenvalue weighted by atomic mass is 9.80. The predicted molar refractivity (Wildman–Crippen MR) is 88.1 cm³/mol. The van der Waals surface area contributed by atoms with Gasteiger partial charge in [0.1, 0.15) is 0 Å². The summed E-state index contributed by atoms with van der Waals surface area (Å²) in [5.41, 5.74) is 0.769. The molecule has 3 rings (SSSR count). The minimum absolute atomic E-state index is 0.180. The van der Waals surface area contributed by atoms with Gasteiger partial charge in [-0.15, -0.1) is 11.3 Å². The number of carbonyl (C=O) groups is 1. The van der Waals surface area contributed by atoms with Crippen LogP contribution in [-0.2, 0) is 13.0 Å². The van der Waals surface area contributed by atoms with Gasteiger partial charge in [0.25, 0.3) is 0 Å². The molecule has 0 spiro atoms. The van der Waals surface area contributed by atoms with Gasteiger partial charge in [0.05, 0.1) is 5.60 Å². The number of fused-ring (bicyclic) bond motifs is 1. The normalized spacial score (nSPS) is 21.5. The number of urea groups is 1. The van der Waals surface area contributed by atoms with Gasteiger partial charge >= 0.3 is 6.03 Å². The first-order valence-corrected chi connectivity index (χ1v) is 8.97. The molecule has 1 aromatic heterocycles. The number of hydrogen-bond acceptors (Lipinski definition) is 4. The number of aliphatic hydroxyl groups is 1. The Morgan fingerprint density at radius 2 is 2.32 bits per heavy atom. The van der Waals surface area contributed by atoms with E-state index in [0.29, 0.717) is 19.1 Å². The van der Waals surface area contributed by atoms with E-state index in [-0.39, 0.29) is 6.03 Å². The third kappa shape index (κ3) is 3.62. The van der Waals surface area contributed by atoms with Crippen LogP contribution in [0.5, 0.6) is 0 Å². The van der Waals surface area contributed by atoms with Crippen molar-refractivity contribution in [3.8, 4) is 0 Å². The van der Waals surface area contributed by atoms with Crippen LogP contribution in [-0.4, -0.2) is 47.3 Å². The van der Waals surface area contributed by atoms with E-state index < -0.39 is 5.60 Å². The number of thiophene rings is 1. The Labute approximate surface area is 135 Å². The highest BCUT2D eigenvalue weighted by molar-refractivity contribution is 7.10. The van der Waals surface area contributed by atoms with Gasteiger partial charge < -0.3 is 15.7 Å². The summed E-state index contributed by atoms with van der Waals surface area (Å²) in [4.78, 5) is 15.7. The minimum atomic E-state index is -0.662. The highest BCUT2D eigenvalue weighted by atomic mass is 32.1. The van der Waals surface area contributed by atoms with Gasteiger partial charge in [0, 0.05) is 37.1 Å². The summed E-state index contributed by atoms with van der Waals surface area (Å²) in [7, 11) is 0. The van der Waals surface area contributed by atoms with Crippen molar-refractivity contribution in [3.63, 3.8) is 0 Å². The molecule has 0 bridgehead atoms. The molecule has 0 saturated heterocycles. The molecule has 1 aliphatic carbocycles. The monoisotopic (exact) mass is 323 g/mol. The first-order valence-electron chi connectivity index (χ1n) is 8.09. The van der Waals surface area contributed by atoms with Crippen molar-refractivity contribution in [2.45, 2.75) is 50.8 Å². The van der Waals surface area contributed by atoms with Gasteiger partial charge in [-0.2, -0.15) is 0 Å². The van der Waals surface area contributed by atoms with Crippen LogP contribution < -0.4 is 10.6 Å². The number of carbonyl (C=O) groups excluding carboxylic acids is 1. The van der Waals surface area contributed by atoms with Crippen molar-refractivity contribution < 1.29 is 9.90 Å². The molecule has 2 amide bonds. The van der Waals surface area contributed by atoms with Crippen LogP contribution in [0.4, 0.5) is 4.79 Å². The molecular formula is C16H25N3O2S. The first kappa shape index (κ1) is 15.8. The van der Waals surface area contributed by atoms with Crippen LogP contribution in [0, 0.1) is 0 Å². The van der Waals surface area contributed by atoms with E-state index in [0.717, 1.165) is 38.8 Å². The standard InChI is InChI=1S/C16H25N3O2S/c1-12(19-7-3-14-13(10-19)4-8-22-14)9-17-15(20)18-11-16(21)5-2-6-16/h4,8,12,21H,2-3,5-7,9-11H2,1H3,(H2,17,18,20). The molecule has 1 fully saturated rings. The Bertz CT molecular complexity index is 527.